The maximum absolute atomic E-state index is 9.67. The minimum absolute atomic E-state index is 0. The van der Waals surface area contributed by atoms with E-state index in [0.29, 0.717) is 24.2 Å². The van der Waals surface area contributed by atoms with Crippen LogP contribution in [0.2, 0.25) is 0 Å². The van der Waals surface area contributed by atoms with Crippen molar-refractivity contribution in [2.45, 2.75) is 123 Å². The van der Waals surface area contributed by atoms with Crippen LogP contribution in [0.15, 0.2) is 12.2 Å². The van der Waals surface area contributed by atoms with Crippen LogP contribution in [-0.4, -0.2) is 72.6 Å². The molecule has 0 spiro atoms. The molecule has 2 rings (SSSR count). The maximum atomic E-state index is 9.67. The van der Waals surface area contributed by atoms with Crippen LogP contribution in [0, 0.1) is 12.2 Å². The number of hydrogen-bond donors (Lipinski definition) is 0. The minimum atomic E-state index is -3.67. The summed E-state index contributed by atoms with van der Waals surface area (Å²) in [5.41, 5.74) is 0.926. The quantitative estimate of drug-likeness (QED) is 0.174. The standard InChI is InChI=1S/C17H37N2P.C8H10.BF3.ClH.FH.Rh/c1-11(2)18(12(3)4)15-16(17(15)20(9)10)19(13(5)6)14(7)8;1-2-4-6-8-7-5-3-1;2-1(3)4;;;/h11-17H,1-10H3;1,8H,2,4-5,7H2;;2*1H;/q;-2;;;;+3/p-1. The van der Waals surface area contributed by atoms with Crippen molar-refractivity contribution >= 4 is 25.2 Å². The van der Waals surface area contributed by atoms with E-state index in [0.717, 1.165) is 43.4 Å². The summed E-state index contributed by atoms with van der Waals surface area (Å²) in [6.45, 7) is 23.9. The first-order valence-electron chi connectivity index (χ1n) is 12.3. The van der Waals surface area contributed by atoms with Crippen LogP contribution in [0.1, 0.15) is 81.1 Å². The molecule has 0 bridgehead atoms. The molecule has 2 aliphatic rings. The second-order valence-corrected chi connectivity index (χ2v) is 12.8. The fourth-order valence-corrected chi connectivity index (χ4v) is 6.97. The first-order valence-corrected chi connectivity index (χ1v) is 17.0. The molecule has 0 aromatic carbocycles. The number of halogens is 5. The zero-order chi connectivity index (χ0) is 27.0. The molecule has 2 atom stereocenters. The number of nitrogens with zero attached hydrogens (tertiary/aromatic N) is 2. The molecular formula is C25H48BClF4N2PRh. The Balaban J connectivity index is -0.000000562. The van der Waals surface area contributed by atoms with E-state index in [4.69, 9.17) is 0 Å². The van der Waals surface area contributed by atoms with E-state index in [-0.39, 0.29) is 12.6 Å². The predicted molar refractivity (Wildman–Crippen MR) is 145 cm³/mol. The molecule has 210 valence electrons. The monoisotopic (exact) mass is 632 g/mol. The summed E-state index contributed by atoms with van der Waals surface area (Å²) in [6, 6.07) is 4.16. The van der Waals surface area contributed by atoms with E-state index >= 15 is 0 Å². The van der Waals surface area contributed by atoms with Crippen LogP contribution in [0.5, 0.6) is 0 Å². The van der Waals surface area contributed by atoms with E-state index in [1.807, 2.05) is 17.3 Å². The largest absolute Gasteiger partial charge is 1.00 e. The van der Waals surface area contributed by atoms with Gasteiger partial charge in [-0.2, -0.15) is 12.8 Å². The summed E-state index contributed by atoms with van der Waals surface area (Å²) in [5.74, 6) is 0. The van der Waals surface area contributed by atoms with E-state index in [9.17, 15) is 12.9 Å². The van der Waals surface area contributed by atoms with Crippen molar-refractivity contribution < 1.29 is 35.0 Å². The van der Waals surface area contributed by atoms with Crippen molar-refractivity contribution in [3.63, 3.8) is 0 Å². The third-order valence-electron chi connectivity index (χ3n) is 5.84. The van der Waals surface area contributed by atoms with Crippen LogP contribution in [0.4, 0.5) is 12.9 Å². The molecule has 10 heteroatoms. The van der Waals surface area contributed by atoms with E-state index in [1.54, 1.807) is 0 Å². The van der Waals surface area contributed by atoms with Gasteiger partial charge in [0.05, 0.1) is 12.1 Å². The van der Waals surface area contributed by atoms with Crippen molar-refractivity contribution in [2.24, 2.45) is 0 Å². The molecule has 2 aliphatic carbocycles. The van der Waals surface area contributed by atoms with Gasteiger partial charge >= 0.3 is 34.5 Å². The SMILES string of the molecule is CC(C)N(C(C)C)C1C(N(C(C)C)C(C)C)C1[PH+](C)C.FB(F)F.[C-]1=CCC[C-]=CCC1.[Cl][Rh+2].[F-]. The number of hydrogen-bond acceptors (Lipinski definition) is 2. The molecule has 0 amide bonds. The minimum Gasteiger partial charge on any atom is -1.00 e. The van der Waals surface area contributed by atoms with Crippen molar-refractivity contribution in [1.29, 1.82) is 0 Å². The summed E-state index contributed by atoms with van der Waals surface area (Å²) in [7, 11) is 0.621. The molecule has 1 fully saturated rings. The Kier molecular flexibility index (Phi) is 25.7. The van der Waals surface area contributed by atoms with E-state index < -0.39 is 7.54 Å². The Hall–Kier alpha value is 0.528. The van der Waals surface area contributed by atoms with Gasteiger partial charge < -0.3 is 16.9 Å². The topological polar surface area (TPSA) is 6.48 Å². The van der Waals surface area contributed by atoms with Gasteiger partial charge in [-0.15, -0.1) is 0 Å². The molecule has 2 nitrogen and oxygen atoms in total. The molecular weight excluding hydrogens is 584 g/mol. The van der Waals surface area contributed by atoms with Crippen LogP contribution in [0.3, 0.4) is 0 Å². The van der Waals surface area contributed by atoms with Crippen molar-refractivity contribution in [3.05, 3.63) is 24.3 Å². The average Bonchev–Trinajstić information content (AvgIpc) is 3.35. The van der Waals surface area contributed by atoms with Crippen LogP contribution in [0.25, 0.3) is 0 Å². The summed E-state index contributed by atoms with van der Waals surface area (Å²) >= 11 is 2.02. The maximum Gasteiger partial charge on any atom is -1.00 e. The van der Waals surface area contributed by atoms with Crippen LogP contribution in [-0.2, 0) is 17.3 Å². The first kappa shape index (κ1) is 40.0. The summed E-state index contributed by atoms with van der Waals surface area (Å²) in [4.78, 5) is 5.54. The molecule has 0 radical (unpaired) electrons. The van der Waals surface area contributed by atoms with E-state index in [1.165, 1.54) is 0 Å². The molecule has 0 aromatic rings. The number of rotatable bonds is 7. The smallest absolute Gasteiger partial charge is 1.00 e. The summed E-state index contributed by atoms with van der Waals surface area (Å²) in [6.07, 6.45) is 15.0. The molecule has 0 saturated heterocycles. The van der Waals surface area contributed by atoms with Gasteiger partial charge in [0.25, 0.3) is 0 Å². The molecule has 0 heterocycles. The second kappa shape index (κ2) is 22.5. The van der Waals surface area contributed by atoms with Crippen LogP contribution < -0.4 is 4.70 Å². The van der Waals surface area contributed by atoms with Gasteiger partial charge in [0, 0.05) is 45.4 Å². The van der Waals surface area contributed by atoms with Gasteiger partial charge in [0.1, 0.15) is 5.66 Å². The fraction of sp³-hybridized carbons (Fsp3) is 0.840. The number of allylic oxidation sites excluding steroid dienone is 4. The molecule has 0 N–H and O–H groups in total. The van der Waals surface area contributed by atoms with Crippen molar-refractivity contribution in [3.8, 4) is 0 Å². The fourth-order valence-electron chi connectivity index (χ4n) is 4.98. The zero-order valence-electron chi connectivity index (χ0n) is 23.2. The first-order chi connectivity index (χ1) is 15.8. The Labute approximate surface area is 229 Å². The van der Waals surface area contributed by atoms with Gasteiger partial charge in [-0.3, -0.25) is 34.9 Å². The molecule has 35 heavy (non-hydrogen) atoms. The zero-order valence-corrected chi connectivity index (χ0v) is 26.6. The molecule has 0 aromatic heterocycles. The van der Waals surface area contributed by atoms with Gasteiger partial charge in [0.2, 0.25) is 0 Å². The third kappa shape index (κ3) is 16.9. The average molecular weight is 633 g/mol. The third-order valence-corrected chi connectivity index (χ3v) is 7.86. The van der Waals surface area contributed by atoms with Gasteiger partial charge in [-0.05, 0) is 55.4 Å². The Morgan fingerprint density at radius 2 is 1.03 bits per heavy atom. The Morgan fingerprint density at radius 1 is 0.771 bits per heavy atom. The molecule has 2 unspecified atom stereocenters. The van der Waals surface area contributed by atoms with Crippen molar-refractivity contribution in [2.75, 3.05) is 13.3 Å². The Morgan fingerprint density at radius 3 is 1.23 bits per heavy atom. The normalized spacial score (nSPS) is 21.0. The van der Waals surface area contributed by atoms with Crippen molar-refractivity contribution in [1.82, 2.24) is 9.80 Å². The van der Waals surface area contributed by atoms with Gasteiger partial charge in [-0.25, -0.2) is 0 Å². The molecule has 0 aliphatic heterocycles. The summed E-state index contributed by atoms with van der Waals surface area (Å²) < 4.78 is 29.0. The Bertz CT molecular complexity index is 485. The second-order valence-electron chi connectivity index (χ2n) is 10.00. The predicted octanol–water partition coefficient (Wildman–Crippen LogP) is 4.67. The van der Waals surface area contributed by atoms with Gasteiger partial charge in [0.15, 0.2) is 0 Å². The van der Waals surface area contributed by atoms with Crippen LogP contribution >= 0.6 is 17.6 Å². The van der Waals surface area contributed by atoms with Gasteiger partial charge in [-0.1, -0.05) is 12.8 Å². The summed E-state index contributed by atoms with van der Waals surface area (Å²) in [5, 5.41) is 0. The van der Waals surface area contributed by atoms with E-state index in [2.05, 4.69) is 113 Å². The molecule has 1 saturated carbocycles.